The van der Waals surface area contributed by atoms with E-state index in [4.69, 9.17) is 5.11 Å². The van der Waals surface area contributed by atoms with E-state index < -0.39 is 5.97 Å². The smallest absolute Gasteiger partial charge is 0.307 e. The van der Waals surface area contributed by atoms with E-state index >= 15 is 0 Å². The lowest BCUT2D eigenvalue weighted by Crippen LogP contribution is -2.25. The van der Waals surface area contributed by atoms with Crippen LogP contribution < -0.4 is 0 Å². The van der Waals surface area contributed by atoms with Crippen LogP contribution in [0.4, 0.5) is 0 Å². The molecule has 1 saturated carbocycles. The fraction of sp³-hybridized carbons (Fsp3) is 0.700. The van der Waals surface area contributed by atoms with E-state index in [-0.39, 0.29) is 5.92 Å². The zero-order valence-electron chi connectivity index (χ0n) is 7.07. The number of rotatable bonds is 1. The summed E-state index contributed by atoms with van der Waals surface area (Å²) in [4.78, 5) is 10.9. The molecule has 2 nitrogen and oxygen atoms in total. The first-order valence-electron chi connectivity index (χ1n) is 4.68. The Morgan fingerprint density at radius 1 is 1.33 bits per heavy atom. The summed E-state index contributed by atoms with van der Waals surface area (Å²) in [5, 5.41) is 8.95. The fourth-order valence-electron chi connectivity index (χ4n) is 2.42. The highest BCUT2D eigenvalue weighted by Crippen LogP contribution is 2.38. The maximum Gasteiger partial charge on any atom is 0.307 e. The summed E-state index contributed by atoms with van der Waals surface area (Å²) in [5.74, 6) is 0.171. The van der Waals surface area contributed by atoms with E-state index in [2.05, 4.69) is 12.2 Å². The Bertz CT molecular complexity index is 220. The normalized spacial score (nSPS) is 39.5. The first-order valence-corrected chi connectivity index (χ1v) is 4.68. The zero-order valence-corrected chi connectivity index (χ0v) is 7.07. The Morgan fingerprint density at radius 2 is 2.17 bits per heavy atom. The van der Waals surface area contributed by atoms with Gasteiger partial charge in [0.05, 0.1) is 5.92 Å². The van der Waals surface area contributed by atoms with Crippen LogP contribution in [0.25, 0.3) is 0 Å². The topological polar surface area (TPSA) is 37.3 Å². The summed E-state index contributed by atoms with van der Waals surface area (Å²) in [6.07, 6.45) is 8.68. The maximum absolute atomic E-state index is 10.9. The van der Waals surface area contributed by atoms with Gasteiger partial charge in [0, 0.05) is 0 Å². The second-order valence-corrected chi connectivity index (χ2v) is 3.92. The maximum atomic E-state index is 10.9. The monoisotopic (exact) mass is 166 g/mol. The third-order valence-electron chi connectivity index (χ3n) is 3.13. The van der Waals surface area contributed by atoms with Crippen molar-refractivity contribution >= 4 is 5.97 Å². The summed E-state index contributed by atoms with van der Waals surface area (Å²) in [6.45, 7) is 0. The third kappa shape index (κ3) is 1.26. The second-order valence-electron chi connectivity index (χ2n) is 3.92. The first-order chi connectivity index (χ1) is 5.77. The van der Waals surface area contributed by atoms with Crippen molar-refractivity contribution in [1.82, 2.24) is 0 Å². The molecule has 0 aromatic carbocycles. The minimum atomic E-state index is -0.601. The van der Waals surface area contributed by atoms with Crippen LogP contribution in [0.5, 0.6) is 0 Å². The van der Waals surface area contributed by atoms with Crippen molar-refractivity contribution in [3.05, 3.63) is 12.2 Å². The minimum absolute atomic E-state index is 0.0949. The molecule has 12 heavy (non-hydrogen) atoms. The highest BCUT2D eigenvalue weighted by atomic mass is 16.4. The van der Waals surface area contributed by atoms with E-state index in [1.165, 1.54) is 12.8 Å². The summed E-state index contributed by atoms with van der Waals surface area (Å²) >= 11 is 0. The van der Waals surface area contributed by atoms with Crippen molar-refractivity contribution < 1.29 is 9.90 Å². The van der Waals surface area contributed by atoms with Gasteiger partial charge < -0.3 is 5.11 Å². The molecule has 66 valence electrons. The highest BCUT2D eigenvalue weighted by molar-refractivity contribution is 5.71. The molecular formula is C10H14O2. The molecule has 3 aliphatic rings. The molecule has 0 aliphatic heterocycles. The standard InChI is InChI=1S/C10H14O2/c11-10(12)9-6-7-2-1-3-8(9)5-4-7/h4-5,7-9H,1-3,6H2,(H,11,12)/t7-,8-,9-/m0/s1. The largest absolute Gasteiger partial charge is 0.481 e. The van der Waals surface area contributed by atoms with E-state index in [1.807, 2.05) is 0 Å². The Hall–Kier alpha value is -0.790. The van der Waals surface area contributed by atoms with Crippen LogP contribution in [0, 0.1) is 17.8 Å². The zero-order chi connectivity index (χ0) is 8.55. The molecule has 2 bridgehead atoms. The van der Waals surface area contributed by atoms with E-state index in [1.54, 1.807) is 0 Å². The van der Waals surface area contributed by atoms with Gasteiger partial charge in [0.25, 0.3) is 0 Å². The lowest BCUT2D eigenvalue weighted by molar-refractivity contribution is -0.143. The molecule has 3 atom stereocenters. The van der Waals surface area contributed by atoms with Crippen LogP contribution in [0.3, 0.4) is 0 Å². The molecule has 0 heterocycles. The molecule has 2 heteroatoms. The molecule has 0 saturated heterocycles. The van der Waals surface area contributed by atoms with Gasteiger partial charge in [0.2, 0.25) is 0 Å². The summed E-state index contributed by atoms with van der Waals surface area (Å²) in [5.41, 5.74) is 0. The van der Waals surface area contributed by atoms with Gasteiger partial charge in [0.1, 0.15) is 0 Å². The van der Waals surface area contributed by atoms with Crippen LogP contribution in [0.15, 0.2) is 12.2 Å². The van der Waals surface area contributed by atoms with Crippen molar-refractivity contribution in [1.29, 1.82) is 0 Å². The Labute approximate surface area is 72.3 Å². The van der Waals surface area contributed by atoms with Gasteiger partial charge in [-0.1, -0.05) is 18.6 Å². The summed E-state index contributed by atoms with van der Waals surface area (Å²) in [7, 11) is 0. The minimum Gasteiger partial charge on any atom is -0.481 e. The van der Waals surface area contributed by atoms with E-state index in [9.17, 15) is 4.79 Å². The number of carboxylic acids is 1. The molecule has 3 rings (SSSR count). The first kappa shape index (κ1) is 7.84. The van der Waals surface area contributed by atoms with Gasteiger partial charge in [-0.05, 0) is 31.1 Å². The third-order valence-corrected chi connectivity index (χ3v) is 3.13. The lowest BCUT2D eigenvalue weighted by Gasteiger charge is -2.24. The van der Waals surface area contributed by atoms with Gasteiger partial charge in [-0.2, -0.15) is 0 Å². The van der Waals surface area contributed by atoms with Gasteiger partial charge in [-0.3, -0.25) is 4.79 Å². The SMILES string of the molecule is O=C(O)[C@H]1C[C@@H]2C=C[C@@H]1CCC2. The predicted molar refractivity (Wildman–Crippen MR) is 45.7 cm³/mol. The van der Waals surface area contributed by atoms with Crippen LogP contribution in [0.1, 0.15) is 25.7 Å². The quantitative estimate of drug-likeness (QED) is 0.605. The number of fused-ring (bicyclic) bond motifs is 3. The molecule has 0 aromatic rings. The summed E-state index contributed by atoms with van der Waals surface area (Å²) in [6, 6.07) is 0. The number of hydrogen-bond donors (Lipinski definition) is 1. The van der Waals surface area contributed by atoms with Crippen molar-refractivity contribution in [3.63, 3.8) is 0 Å². The molecule has 0 unspecified atom stereocenters. The number of allylic oxidation sites excluding steroid dienone is 2. The van der Waals surface area contributed by atoms with Gasteiger partial charge >= 0.3 is 5.97 Å². The van der Waals surface area contributed by atoms with Crippen LogP contribution in [-0.4, -0.2) is 11.1 Å². The van der Waals surface area contributed by atoms with E-state index in [0.29, 0.717) is 11.8 Å². The molecule has 0 amide bonds. The molecular weight excluding hydrogens is 152 g/mol. The van der Waals surface area contributed by atoms with Crippen LogP contribution >= 0.6 is 0 Å². The number of carboxylic acid groups (broad SMARTS) is 1. The molecule has 0 aromatic heterocycles. The number of aliphatic carboxylic acids is 1. The van der Waals surface area contributed by atoms with Crippen molar-refractivity contribution in [2.45, 2.75) is 25.7 Å². The van der Waals surface area contributed by atoms with Gasteiger partial charge in [0.15, 0.2) is 0 Å². The highest BCUT2D eigenvalue weighted by Gasteiger charge is 2.33. The predicted octanol–water partition coefficient (Wildman–Crippen LogP) is 2.06. The average molecular weight is 166 g/mol. The Kier molecular flexibility index (Phi) is 1.91. The van der Waals surface area contributed by atoms with Crippen molar-refractivity contribution in [3.8, 4) is 0 Å². The average Bonchev–Trinajstić information content (AvgIpc) is 2.36. The molecule has 0 spiro atoms. The molecule has 0 radical (unpaired) electrons. The van der Waals surface area contributed by atoms with Gasteiger partial charge in [-0.25, -0.2) is 0 Å². The number of hydrogen-bond acceptors (Lipinski definition) is 1. The van der Waals surface area contributed by atoms with E-state index in [0.717, 1.165) is 12.8 Å². The number of carbonyl (C=O) groups is 1. The van der Waals surface area contributed by atoms with Gasteiger partial charge in [-0.15, -0.1) is 0 Å². The second kappa shape index (κ2) is 2.92. The fourth-order valence-corrected chi connectivity index (χ4v) is 2.42. The Morgan fingerprint density at radius 3 is 2.92 bits per heavy atom. The van der Waals surface area contributed by atoms with Crippen molar-refractivity contribution in [2.24, 2.45) is 17.8 Å². The molecule has 3 aliphatic carbocycles. The van der Waals surface area contributed by atoms with Crippen molar-refractivity contribution in [2.75, 3.05) is 0 Å². The Balaban J connectivity index is 2.19. The summed E-state index contributed by atoms with van der Waals surface area (Å²) < 4.78 is 0. The van der Waals surface area contributed by atoms with Crippen LogP contribution in [-0.2, 0) is 4.79 Å². The lowest BCUT2D eigenvalue weighted by atomic mass is 9.81. The van der Waals surface area contributed by atoms with Crippen LogP contribution in [0.2, 0.25) is 0 Å². The molecule has 1 N–H and O–H groups in total. The molecule has 1 fully saturated rings.